The number of rotatable bonds is 5. The zero-order valence-corrected chi connectivity index (χ0v) is 20.0. The third-order valence-corrected chi connectivity index (χ3v) is 6.19. The van der Waals surface area contributed by atoms with Crippen molar-refractivity contribution >= 4 is 17.6 Å². The lowest BCUT2D eigenvalue weighted by Gasteiger charge is -2.38. The number of anilines is 1. The van der Waals surface area contributed by atoms with Crippen LogP contribution in [0.25, 0.3) is 0 Å². The molecule has 38 heavy (non-hydrogen) atoms. The number of likely N-dealkylation sites (N-methyl/N-ethyl adjacent to an activating group) is 1. The highest BCUT2D eigenvalue weighted by atomic mass is 19.4. The van der Waals surface area contributed by atoms with Gasteiger partial charge in [-0.2, -0.15) is 31.4 Å². The van der Waals surface area contributed by atoms with Crippen LogP contribution in [0.4, 0.5) is 36.6 Å². The molecule has 0 radical (unpaired) electrons. The van der Waals surface area contributed by atoms with Gasteiger partial charge in [0.1, 0.15) is 24.2 Å². The quantitative estimate of drug-likeness (QED) is 0.451. The molecule has 2 aromatic carbocycles. The fraction of sp³-hybridized carbons (Fsp3) is 0.320. The lowest BCUT2D eigenvalue weighted by Crippen LogP contribution is -2.55. The second kappa shape index (κ2) is 9.76. The zero-order valence-electron chi connectivity index (χ0n) is 20.0. The summed E-state index contributed by atoms with van der Waals surface area (Å²) in [6.07, 6.45) is -9.37. The molecular formula is C25H21F7N4O2. The van der Waals surface area contributed by atoms with Gasteiger partial charge in [-0.3, -0.25) is 14.5 Å². The molecule has 2 atom stereocenters. The first kappa shape index (κ1) is 27.1. The van der Waals surface area contributed by atoms with Gasteiger partial charge in [0.05, 0.1) is 11.3 Å². The van der Waals surface area contributed by atoms with Crippen LogP contribution in [0, 0.1) is 12.7 Å². The predicted molar refractivity (Wildman–Crippen MR) is 122 cm³/mol. The van der Waals surface area contributed by atoms with E-state index in [1.165, 1.54) is 26.0 Å². The van der Waals surface area contributed by atoms with Crippen molar-refractivity contribution in [3.8, 4) is 0 Å². The Morgan fingerprint density at radius 1 is 1.05 bits per heavy atom. The molecule has 1 aliphatic heterocycles. The van der Waals surface area contributed by atoms with Crippen LogP contribution in [0.15, 0.2) is 48.5 Å². The minimum Gasteiger partial charge on any atom is -0.339 e. The lowest BCUT2D eigenvalue weighted by molar-refractivity contribution is -0.142. The third kappa shape index (κ3) is 5.22. The smallest absolute Gasteiger partial charge is 0.339 e. The molecule has 202 valence electrons. The van der Waals surface area contributed by atoms with Gasteiger partial charge in [-0.1, -0.05) is 18.2 Å². The van der Waals surface area contributed by atoms with E-state index in [9.17, 15) is 40.3 Å². The van der Waals surface area contributed by atoms with Gasteiger partial charge < -0.3 is 5.32 Å². The Kier molecular flexibility index (Phi) is 6.97. The van der Waals surface area contributed by atoms with Crippen molar-refractivity contribution in [3.63, 3.8) is 0 Å². The molecular weight excluding hydrogens is 521 g/mol. The first-order valence-electron chi connectivity index (χ1n) is 11.4. The molecule has 2 heterocycles. The van der Waals surface area contributed by atoms with Gasteiger partial charge in [0.15, 0.2) is 0 Å². The molecule has 0 spiro atoms. The van der Waals surface area contributed by atoms with Crippen LogP contribution in [0.1, 0.15) is 45.6 Å². The topological polar surface area (TPSA) is 67.2 Å². The summed E-state index contributed by atoms with van der Waals surface area (Å²) in [5.41, 5.74) is -0.805. The predicted octanol–water partition coefficient (Wildman–Crippen LogP) is 5.21. The summed E-state index contributed by atoms with van der Waals surface area (Å²) in [5.74, 6) is -3.62. The maximum atomic E-state index is 13.7. The normalized spacial score (nSPS) is 17.9. The Morgan fingerprint density at radius 2 is 1.71 bits per heavy atom. The SMILES string of the molecule is CCN1C(=O)[C@@H](NC(=O)c2cccc(C(F)(F)F)c2)[C@@H](c2ccc(F)cc2)c2c(C)nn(CC(F)(F)F)c21. The molecule has 0 aliphatic carbocycles. The summed E-state index contributed by atoms with van der Waals surface area (Å²) in [7, 11) is 0. The zero-order chi connectivity index (χ0) is 28.0. The summed E-state index contributed by atoms with van der Waals surface area (Å²) in [4.78, 5) is 27.7. The van der Waals surface area contributed by atoms with E-state index in [4.69, 9.17) is 0 Å². The molecule has 0 unspecified atom stereocenters. The van der Waals surface area contributed by atoms with Crippen LogP contribution in [0.3, 0.4) is 0 Å². The van der Waals surface area contributed by atoms with Crippen LogP contribution < -0.4 is 10.2 Å². The minimum absolute atomic E-state index is 0.0824. The number of hydrogen-bond donors (Lipinski definition) is 1. The number of aryl methyl sites for hydroxylation is 1. The van der Waals surface area contributed by atoms with Crippen LogP contribution in [-0.4, -0.2) is 40.4 Å². The molecule has 1 N–H and O–H groups in total. The number of carbonyl (C=O) groups is 2. The van der Waals surface area contributed by atoms with Crippen LogP contribution >= 0.6 is 0 Å². The monoisotopic (exact) mass is 542 g/mol. The van der Waals surface area contributed by atoms with Gasteiger partial charge in [0, 0.05) is 23.6 Å². The van der Waals surface area contributed by atoms with Crippen LogP contribution in [-0.2, 0) is 17.5 Å². The fourth-order valence-electron chi connectivity index (χ4n) is 4.63. The number of hydrogen-bond acceptors (Lipinski definition) is 3. The van der Waals surface area contributed by atoms with Crippen molar-refractivity contribution in [2.45, 2.75) is 44.7 Å². The van der Waals surface area contributed by atoms with E-state index in [1.54, 1.807) is 0 Å². The first-order chi connectivity index (χ1) is 17.7. The molecule has 13 heteroatoms. The van der Waals surface area contributed by atoms with Crippen molar-refractivity contribution in [2.75, 3.05) is 11.4 Å². The standard InChI is InChI=1S/C25H21F7N4O2/c1-3-35-22-18(13(2)34-36(22)12-24(27,28)29)19(14-7-9-17(26)10-8-14)20(23(35)38)33-21(37)15-5-4-6-16(11-15)25(30,31)32/h4-11,19-20H,3,12H2,1-2H3,(H,33,37)/t19-,20-/m0/s1. The molecule has 3 aromatic rings. The van der Waals surface area contributed by atoms with Gasteiger partial charge in [-0.15, -0.1) is 0 Å². The molecule has 1 aliphatic rings. The van der Waals surface area contributed by atoms with Gasteiger partial charge in [-0.25, -0.2) is 9.07 Å². The van der Waals surface area contributed by atoms with Crippen molar-refractivity contribution in [1.29, 1.82) is 0 Å². The van der Waals surface area contributed by atoms with Crippen molar-refractivity contribution in [3.05, 3.63) is 82.3 Å². The summed E-state index contributed by atoms with van der Waals surface area (Å²) >= 11 is 0. The number of fused-ring (bicyclic) bond motifs is 1. The largest absolute Gasteiger partial charge is 0.416 e. The Hall–Kier alpha value is -3.90. The average Bonchev–Trinajstić information content (AvgIpc) is 3.13. The molecule has 0 bridgehead atoms. The summed E-state index contributed by atoms with van der Waals surface area (Å²) in [6, 6.07) is 6.99. The number of nitrogens with zero attached hydrogens (tertiary/aromatic N) is 3. The number of halogens is 7. The van der Waals surface area contributed by atoms with E-state index in [2.05, 4.69) is 10.4 Å². The lowest BCUT2D eigenvalue weighted by atomic mass is 9.81. The van der Waals surface area contributed by atoms with E-state index in [-0.39, 0.29) is 29.2 Å². The second-order valence-electron chi connectivity index (χ2n) is 8.74. The summed E-state index contributed by atoms with van der Waals surface area (Å²) in [6.45, 7) is 1.40. The average molecular weight is 542 g/mol. The van der Waals surface area contributed by atoms with Gasteiger partial charge in [0.2, 0.25) is 0 Å². The van der Waals surface area contributed by atoms with E-state index in [0.29, 0.717) is 16.3 Å². The van der Waals surface area contributed by atoms with E-state index >= 15 is 0 Å². The highest BCUT2D eigenvalue weighted by Crippen LogP contribution is 2.43. The molecule has 0 saturated carbocycles. The molecule has 6 nitrogen and oxygen atoms in total. The van der Waals surface area contributed by atoms with Crippen molar-refractivity contribution < 1.29 is 40.3 Å². The maximum absolute atomic E-state index is 13.7. The van der Waals surface area contributed by atoms with Crippen molar-refractivity contribution in [2.24, 2.45) is 0 Å². The molecule has 4 rings (SSSR count). The second-order valence-corrected chi connectivity index (χ2v) is 8.74. The molecule has 0 saturated heterocycles. The summed E-state index contributed by atoms with van der Waals surface area (Å²) < 4.78 is 93.9. The van der Waals surface area contributed by atoms with E-state index in [0.717, 1.165) is 35.2 Å². The highest BCUT2D eigenvalue weighted by Gasteiger charge is 2.46. The fourth-order valence-corrected chi connectivity index (χ4v) is 4.63. The Balaban J connectivity index is 1.84. The van der Waals surface area contributed by atoms with Gasteiger partial charge in [0.25, 0.3) is 11.8 Å². The number of nitrogens with one attached hydrogen (secondary N) is 1. The number of alkyl halides is 6. The van der Waals surface area contributed by atoms with E-state index in [1.807, 2.05) is 0 Å². The third-order valence-electron chi connectivity index (χ3n) is 6.19. The number of carbonyl (C=O) groups excluding carboxylic acids is 2. The van der Waals surface area contributed by atoms with Gasteiger partial charge >= 0.3 is 12.4 Å². The Labute approximate surface area is 212 Å². The van der Waals surface area contributed by atoms with Crippen molar-refractivity contribution in [1.82, 2.24) is 15.1 Å². The maximum Gasteiger partial charge on any atom is 0.416 e. The number of benzene rings is 2. The number of aromatic nitrogens is 2. The molecule has 0 fully saturated rings. The molecule has 2 amide bonds. The Morgan fingerprint density at radius 3 is 2.29 bits per heavy atom. The number of amides is 2. The van der Waals surface area contributed by atoms with Crippen LogP contribution in [0.5, 0.6) is 0 Å². The highest BCUT2D eigenvalue weighted by molar-refractivity contribution is 6.05. The first-order valence-corrected chi connectivity index (χ1v) is 11.4. The Bertz CT molecular complexity index is 1360. The molecule has 1 aromatic heterocycles. The summed E-state index contributed by atoms with van der Waals surface area (Å²) in [5, 5.41) is 6.47. The minimum atomic E-state index is -4.72. The van der Waals surface area contributed by atoms with Crippen LogP contribution in [0.2, 0.25) is 0 Å². The van der Waals surface area contributed by atoms with E-state index < -0.39 is 54.1 Å². The van der Waals surface area contributed by atoms with Gasteiger partial charge in [-0.05, 0) is 49.7 Å².